The Morgan fingerprint density at radius 1 is 1.07 bits per heavy atom. The number of amides is 1. The van der Waals surface area contributed by atoms with Crippen molar-refractivity contribution in [3.05, 3.63) is 59.7 Å². The molecule has 27 heavy (non-hydrogen) atoms. The first kappa shape index (κ1) is 19.2. The van der Waals surface area contributed by atoms with Crippen LogP contribution in [0.4, 0.5) is 0 Å². The van der Waals surface area contributed by atoms with E-state index in [0.29, 0.717) is 25.4 Å². The molecule has 6 nitrogen and oxygen atoms in total. The fraction of sp³-hybridized carbons (Fsp3) is 0.381. The van der Waals surface area contributed by atoms with Crippen molar-refractivity contribution in [2.45, 2.75) is 25.7 Å². The number of rotatable bonds is 8. The van der Waals surface area contributed by atoms with Crippen LogP contribution in [0.2, 0.25) is 0 Å². The predicted molar refractivity (Wildman–Crippen MR) is 101 cm³/mol. The second-order valence-corrected chi connectivity index (χ2v) is 6.54. The van der Waals surface area contributed by atoms with Crippen LogP contribution >= 0.6 is 0 Å². The van der Waals surface area contributed by atoms with E-state index in [1.807, 2.05) is 24.3 Å². The molecule has 1 saturated heterocycles. The van der Waals surface area contributed by atoms with E-state index >= 15 is 0 Å². The first-order valence-corrected chi connectivity index (χ1v) is 9.03. The standard InChI is InChI=1S/C21H25NO5/c1-25-14-17-4-8-19(9-5-17)27-20-10-11-22(12-20)21(24)15-26-18-6-2-16(13-23)3-7-18/h2-9,20,23H,10-15H2,1H3. The number of ether oxygens (including phenoxy) is 3. The molecule has 1 fully saturated rings. The maximum Gasteiger partial charge on any atom is 0.260 e. The Balaban J connectivity index is 1.44. The summed E-state index contributed by atoms with van der Waals surface area (Å²) in [7, 11) is 1.67. The summed E-state index contributed by atoms with van der Waals surface area (Å²) in [5.74, 6) is 1.36. The van der Waals surface area contributed by atoms with E-state index in [0.717, 1.165) is 23.3 Å². The minimum atomic E-state index is -0.0530. The fourth-order valence-electron chi connectivity index (χ4n) is 3.00. The number of aliphatic hydroxyl groups excluding tert-OH is 1. The number of aliphatic hydroxyl groups is 1. The zero-order chi connectivity index (χ0) is 19.1. The summed E-state index contributed by atoms with van der Waals surface area (Å²) in [6, 6.07) is 14.9. The van der Waals surface area contributed by atoms with Crippen molar-refractivity contribution in [2.75, 3.05) is 26.8 Å². The molecule has 144 valence electrons. The molecule has 6 heteroatoms. The lowest BCUT2D eigenvalue weighted by atomic mass is 10.2. The highest BCUT2D eigenvalue weighted by molar-refractivity contribution is 5.78. The summed E-state index contributed by atoms with van der Waals surface area (Å²) in [6.07, 6.45) is 0.794. The highest BCUT2D eigenvalue weighted by atomic mass is 16.5. The minimum absolute atomic E-state index is 0.00307. The molecule has 1 aliphatic rings. The van der Waals surface area contributed by atoms with Gasteiger partial charge in [0.1, 0.15) is 17.6 Å². The van der Waals surface area contributed by atoms with E-state index in [2.05, 4.69) is 0 Å². The lowest BCUT2D eigenvalue weighted by Gasteiger charge is -2.18. The fourth-order valence-corrected chi connectivity index (χ4v) is 3.00. The Labute approximate surface area is 159 Å². The zero-order valence-electron chi connectivity index (χ0n) is 15.5. The largest absolute Gasteiger partial charge is 0.489 e. The molecular weight excluding hydrogens is 346 g/mol. The smallest absolute Gasteiger partial charge is 0.260 e. The van der Waals surface area contributed by atoms with Gasteiger partial charge >= 0.3 is 0 Å². The molecular formula is C21H25NO5. The first-order valence-electron chi connectivity index (χ1n) is 9.03. The Bertz CT molecular complexity index is 729. The summed E-state index contributed by atoms with van der Waals surface area (Å²) < 4.78 is 16.6. The van der Waals surface area contributed by atoms with Gasteiger partial charge in [0, 0.05) is 20.1 Å². The Morgan fingerprint density at radius 3 is 2.41 bits per heavy atom. The summed E-state index contributed by atoms with van der Waals surface area (Å²) in [4.78, 5) is 14.1. The van der Waals surface area contributed by atoms with Crippen LogP contribution in [0, 0.1) is 0 Å². The number of hydrogen-bond donors (Lipinski definition) is 1. The van der Waals surface area contributed by atoms with E-state index in [9.17, 15) is 4.79 Å². The van der Waals surface area contributed by atoms with Crippen molar-refractivity contribution in [1.29, 1.82) is 0 Å². The maximum atomic E-state index is 12.3. The molecule has 0 radical (unpaired) electrons. The molecule has 0 aliphatic carbocycles. The number of nitrogens with zero attached hydrogens (tertiary/aromatic N) is 1. The van der Waals surface area contributed by atoms with Crippen LogP contribution < -0.4 is 9.47 Å². The Hall–Kier alpha value is -2.57. The molecule has 0 bridgehead atoms. The molecule has 2 aromatic carbocycles. The summed E-state index contributed by atoms with van der Waals surface area (Å²) in [5, 5.41) is 9.04. The third-order valence-electron chi connectivity index (χ3n) is 4.50. The minimum Gasteiger partial charge on any atom is -0.489 e. The predicted octanol–water partition coefficient (Wildman–Crippen LogP) is 2.38. The van der Waals surface area contributed by atoms with Crippen molar-refractivity contribution in [1.82, 2.24) is 4.90 Å². The molecule has 1 N–H and O–H groups in total. The molecule has 1 atom stereocenters. The molecule has 3 rings (SSSR count). The monoisotopic (exact) mass is 371 g/mol. The van der Waals surface area contributed by atoms with Crippen LogP contribution in [0.25, 0.3) is 0 Å². The van der Waals surface area contributed by atoms with Gasteiger partial charge in [0.25, 0.3) is 5.91 Å². The number of hydrogen-bond acceptors (Lipinski definition) is 5. The third kappa shape index (κ3) is 5.45. The second-order valence-electron chi connectivity index (χ2n) is 6.54. The van der Waals surface area contributed by atoms with Gasteiger partial charge in [-0.15, -0.1) is 0 Å². The van der Waals surface area contributed by atoms with Crippen molar-refractivity contribution in [2.24, 2.45) is 0 Å². The van der Waals surface area contributed by atoms with Crippen LogP contribution in [-0.2, 0) is 22.7 Å². The first-order chi connectivity index (χ1) is 13.2. The van der Waals surface area contributed by atoms with Gasteiger partial charge < -0.3 is 24.2 Å². The molecule has 1 heterocycles. The van der Waals surface area contributed by atoms with E-state index in [1.54, 1.807) is 36.3 Å². The van der Waals surface area contributed by atoms with Gasteiger partial charge in [-0.05, 0) is 35.4 Å². The van der Waals surface area contributed by atoms with Gasteiger partial charge in [-0.25, -0.2) is 0 Å². The number of methoxy groups -OCH3 is 1. The molecule has 0 saturated carbocycles. The molecule has 2 aromatic rings. The van der Waals surface area contributed by atoms with Crippen LogP contribution in [0.1, 0.15) is 17.5 Å². The number of likely N-dealkylation sites (tertiary alicyclic amines) is 1. The summed E-state index contributed by atoms with van der Waals surface area (Å²) in [6.45, 7) is 1.79. The zero-order valence-corrected chi connectivity index (χ0v) is 15.5. The van der Waals surface area contributed by atoms with Gasteiger partial charge in [-0.3, -0.25) is 4.79 Å². The average molecular weight is 371 g/mol. The van der Waals surface area contributed by atoms with Gasteiger partial charge in [-0.1, -0.05) is 24.3 Å². The van der Waals surface area contributed by atoms with E-state index in [4.69, 9.17) is 19.3 Å². The lowest BCUT2D eigenvalue weighted by molar-refractivity contribution is -0.132. The molecule has 0 aromatic heterocycles. The lowest BCUT2D eigenvalue weighted by Crippen LogP contribution is -2.34. The van der Waals surface area contributed by atoms with Crippen LogP contribution in [-0.4, -0.2) is 48.8 Å². The number of carbonyl (C=O) groups excluding carboxylic acids is 1. The summed E-state index contributed by atoms with van der Waals surface area (Å²) >= 11 is 0. The molecule has 0 spiro atoms. The SMILES string of the molecule is COCc1ccc(OC2CCN(C(=O)COc3ccc(CO)cc3)C2)cc1. The molecule has 1 aliphatic heterocycles. The normalized spacial score (nSPS) is 16.4. The van der Waals surface area contributed by atoms with Crippen LogP contribution in [0.5, 0.6) is 11.5 Å². The van der Waals surface area contributed by atoms with E-state index in [-0.39, 0.29) is 25.2 Å². The van der Waals surface area contributed by atoms with Crippen molar-refractivity contribution in [3.8, 4) is 11.5 Å². The highest BCUT2D eigenvalue weighted by Gasteiger charge is 2.27. The van der Waals surface area contributed by atoms with Crippen LogP contribution in [0.15, 0.2) is 48.5 Å². The summed E-state index contributed by atoms with van der Waals surface area (Å²) in [5.41, 5.74) is 1.90. The quantitative estimate of drug-likeness (QED) is 0.772. The van der Waals surface area contributed by atoms with E-state index in [1.165, 1.54) is 0 Å². The van der Waals surface area contributed by atoms with Gasteiger partial charge in [0.2, 0.25) is 0 Å². The highest BCUT2D eigenvalue weighted by Crippen LogP contribution is 2.20. The number of benzene rings is 2. The third-order valence-corrected chi connectivity index (χ3v) is 4.50. The molecule has 1 unspecified atom stereocenters. The topological polar surface area (TPSA) is 68.2 Å². The average Bonchev–Trinajstić information content (AvgIpc) is 3.17. The Morgan fingerprint density at radius 2 is 1.74 bits per heavy atom. The van der Waals surface area contributed by atoms with Crippen LogP contribution in [0.3, 0.4) is 0 Å². The maximum absolute atomic E-state index is 12.3. The van der Waals surface area contributed by atoms with Gasteiger partial charge in [0.05, 0.1) is 19.8 Å². The van der Waals surface area contributed by atoms with Crippen molar-refractivity contribution in [3.63, 3.8) is 0 Å². The second kappa shape index (κ2) is 9.39. The van der Waals surface area contributed by atoms with Crippen molar-refractivity contribution < 1.29 is 24.1 Å². The number of carbonyl (C=O) groups is 1. The molecule has 1 amide bonds. The Kier molecular flexibility index (Phi) is 6.68. The van der Waals surface area contributed by atoms with E-state index < -0.39 is 0 Å². The van der Waals surface area contributed by atoms with Gasteiger partial charge in [-0.2, -0.15) is 0 Å². The van der Waals surface area contributed by atoms with Gasteiger partial charge in [0.15, 0.2) is 6.61 Å². The van der Waals surface area contributed by atoms with Crippen molar-refractivity contribution >= 4 is 5.91 Å².